The van der Waals surface area contributed by atoms with E-state index < -0.39 is 0 Å². The van der Waals surface area contributed by atoms with E-state index in [0.29, 0.717) is 22.3 Å². The maximum Gasteiger partial charge on any atom is 0.102 e. The van der Waals surface area contributed by atoms with E-state index in [-0.39, 0.29) is 22.3 Å². The summed E-state index contributed by atoms with van der Waals surface area (Å²) in [5.41, 5.74) is 4.16. The number of benzene rings is 3. The number of rotatable bonds is 4. The Morgan fingerprint density at radius 2 is 0.781 bits per heavy atom. The molecule has 3 rings (SSSR count). The first kappa shape index (κ1) is 21.9. The molecule has 0 aliphatic rings. The minimum Gasteiger partial charge on any atom is -0.378 e. The van der Waals surface area contributed by atoms with Gasteiger partial charge in [-0.25, -0.2) is 0 Å². The van der Waals surface area contributed by atoms with Crippen molar-refractivity contribution in [3.8, 4) is 46.5 Å². The Hall–Kier alpha value is -4.78. The summed E-state index contributed by atoms with van der Waals surface area (Å²) in [6, 6.07) is 23.2. The summed E-state index contributed by atoms with van der Waals surface area (Å²) >= 11 is 0. The van der Waals surface area contributed by atoms with E-state index >= 15 is 0 Å². The normalized spacial score (nSPS) is 9.75. The van der Waals surface area contributed by atoms with Crippen LogP contribution in [0.3, 0.4) is 0 Å². The average Bonchev–Trinajstić information content (AvgIpc) is 2.82. The van der Waals surface area contributed by atoms with Gasteiger partial charge in [-0.3, -0.25) is 0 Å². The van der Waals surface area contributed by atoms with E-state index in [9.17, 15) is 21.0 Å². The van der Waals surface area contributed by atoms with E-state index in [1.165, 1.54) is 0 Å². The van der Waals surface area contributed by atoms with Crippen molar-refractivity contribution in [3.63, 3.8) is 0 Å². The topological polar surface area (TPSA) is 102 Å². The molecular formula is C26H20N6. The van der Waals surface area contributed by atoms with Gasteiger partial charge in [-0.1, -0.05) is 24.3 Å². The fourth-order valence-corrected chi connectivity index (χ4v) is 3.63. The SMILES string of the molecule is CN(C)c1ccc(-c2c(C#N)c(C#N)c(C#N)c(-c3ccc(N(C)C)cc3)c2C#N)cc1. The third-order valence-electron chi connectivity index (χ3n) is 5.29. The van der Waals surface area contributed by atoms with Gasteiger partial charge < -0.3 is 9.80 Å². The van der Waals surface area contributed by atoms with Gasteiger partial charge in [0.1, 0.15) is 24.3 Å². The van der Waals surface area contributed by atoms with Crippen molar-refractivity contribution in [3.05, 3.63) is 70.8 Å². The summed E-state index contributed by atoms with van der Waals surface area (Å²) in [4.78, 5) is 3.88. The Morgan fingerprint density at radius 3 is 1.03 bits per heavy atom. The van der Waals surface area contributed by atoms with Crippen molar-refractivity contribution in [2.45, 2.75) is 0 Å². The fraction of sp³-hybridized carbons (Fsp3) is 0.154. The Bertz CT molecular complexity index is 1250. The third kappa shape index (κ3) is 3.70. The minimum atomic E-state index is -0.0210. The number of anilines is 2. The van der Waals surface area contributed by atoms with Crippen LogP contribution in [0.25, 0.3) is 22.3 Å². The predicted octanol–water partition coefficient (Wildman–Crippen LogP) is 4.64. The molecule has 0 fully saturated rings. The van der Waals surface area contributed by atoms with Gasteiger partial charge in [0, 0.05) is 50.7 Å². The van der Waals surface area contributed by atoms with Crippen LogP contribution in [0.4, 0.5) is 11.4 Å². The molecule has 0 aromatic heterocycles. The molecule has 0 atom stereocenters. The second-order valence-electron chi connectivity index (χ2n) is 7.58. The highest BCUT2D eigenvalue weighted by Gasteiger charge is 2.26. The van der Waals surface area contributed by atoms with Crippen LogP contribution in [0, 0.1) is 45.3 Å². The summed E-state index contributed by atoms with van der Waals surface area (Å²) in [6.45, 7) is 0. The number of nitriles is 4. The van der Waals surface area contributed by atoms with Crippen LogP contribution in [0.15, 0.2) is 48.5 Å². The zero-order valence-electron chi connectivity index (χ0n) is 18.3. The van der Waals surface area contributed by atoms with E-state index in [1.54, 1.807) is 0 Å². The highest BCUT2D eigenvalue weighted by atomic mass is 15.1. The Kier molecular flexibility index (Phi) is 6.11. The molecule has 0 aliphatic heterocycles. The molecule has 32 heavy (non-hydrogen) atoms. The number of hydrogen-bond donors (Lipinski definition) is 0. The van der Waals surface area contributed by atoms with E-state index in [4.69, 9.17) is 0 Å². The van der Waals surface area contributed by atoms with Crippen LogP contribution in [-0.2, 0) is 0 Å². The summed E-state index contributed by atoms with van der Waals surface area (Å²) in [5, 5.41) is 39.8. The van der Waals surface area contributed by atoms with Crippen molar-refractivity contribution in [2.75, 3.05) is 38.0 Å². The molecule has 0 amide bonds. The van der Waals surface area contributed by atoms with Gasteiger partial charge in [-0.05, 0) is 35.4 Å². The molecule has 0 bridgehead atoms. The summed E-state index contributed by atoms with van der Waals surface area (Å²) in [6.07, 6.45) is 0. The molecule has 0 saturated carbocycles. The van der Waals surface area contributed by atoms with Crippen molar-refractivity contribution in [1.29, 1.82) is 21.0 Å². The summed E-state index contributed by atoms with van der Waals surface area (Å²) in [5.74, 6) is 0. The molecule has 6 nitrogen and oxygen atoms in total. The van der Waals surface area contributed by atoms with E-state index in [2.05, 4.69) is 18.2 Å². The molecule has 6 heteroatoms. The zero-order valence-corrected chi connectivity index (χ0v) is 18.3. The van der Waals surface area contributed by atoms with Gasteiger partial charge in [0.25, 0.3) is 0 Å². The Labute approximate surface area is 188 Å². The molecule has 154 valence electrons. The first-order valence-corrected chi connectivity index (χ1v) is 9.77. The van der Waals surface area contributed by atoms with Gasteiger partial charge in [0.05, 0.1) is 22.3 Å². The largest absolute Gasteiger partial charge is 0.378 e. The standard InChI is InChI=1S/C26H20N6/c1-31(2)19-9-5-17(6-10-19)25-22(14-28)21(13-27)23(15-29)26(24(25)16-30)18-7-11-20(12-8-18)32(3)4/h5-12H,1-4H3. The molecule has 0 N–H and O–H groups in total. The maximum absolute atomic E-state index is 10.1. The maximum atomic E-state index is 10.1. The molecule has 0 spiro atoms. The van der Waals surface area contributed by atoms with Crippen LogP contribution < -0.4 is 9.80 Å². The molecule has 0 radical (unpaired) electrons. The van der Waals surface area contributed by atoms with Gasteiger partial charge in [0.15, 0.2) is 0 Å². The fourth-order valence-electron chi connectivity index (χ4n) is 3.63. The van der Waals surface area contributed by atoms with Crippen molar-refractivity contribution < 1.29 is 0 Å². The summed E-state index contributed by atoms with van der Waals surface area (Å²) < 4.78 is 0. The molecule has 0 saturated heterocycles. The molecule has 3 aromatic carbocycles. The predicted molar refractivity (Wildman–Crippen MR) is 125 cm³/mol. The van der Waals surface area contributed by atoms with Crippen LogP contribution in [0.5, 0.6) is 0 Å². The zero-order chi connectivity index (χ0) is 23.4. The first-order valence-electron chi connectivity index (χ1n) is 9.77. The minimum absolute atomic E-state index is 0.0210. The van der Waals surface area contributed by atoms with Crippen LogP contribution in [0.1, 0.15) is 22.3 Å². The lowest BCUT2D eigenvalue weighted by Gasteiger charge is -2.18. The van der Waals surface area contributed by atoms with Crippen molar-refractivity contribution in [2.24, 2.45) is 0 Å². The highest BCUT2D eigenvalue weighted by Crippen LogP contribution is 2.40. The molecule has 3 aromatic rings. The average molecular weight is 416 g/mol. The second-order valence-corrected chi connectivity index (χ2v) is 7.58. The first-order chi connectivity index (χ1) is 15.4. The van der Waals surface area contributed by atoms with Crippen molar-refractivity contribution in [1.82, 2.24) is 0 Å². The van der Waals surface area contributed by atoms with E-state index in [0.717, 1.165) is 11.4 Å². The number of hydrogen-bond acceptors (Lipinski definition) is 6. The third-order valence-corrected chi connectivity index (χ3v) is 5.29. The highest BCUT2D eigenvalue weighted by molar-refractivity contribution is 5.92. The number of nitrogens with zero attached hydrogens (tertiary/aromatic N) is 6. The quantitative estimate of drug-likeness (QED) is 0.614. The molecule has 0 unspecified atom stereocenters. The Morgan fingerprint density at radius 1 is 0.469 bits per heavy atom. The smallest absolute Gasteiger partial charge is 0.102 e. The van der Waals surface area contributed by atoms with Gasteiger partial charge in [0.2, 0.25) is 0 Å². The molecular weight excluding hydrogens is 396 g/mol. The van der Waals surface area contributed by atoms with Crippen LogP contribution >= 0.6 is 0 Å². The molecule has 0 aliphatic carbocycles. The van der Waals surface area contributed by atoms with Crippen LogP contribution in [0.2, 0.25) is 0 Å². The van der Waals surface area contributed by atoms with Crippen molar-refractivity contribution >= 4 is 11.4 Å². The van der Waals surface area contributed by atoms with Gasteiger partial charge in [-0.15, -0.1) is 0 Å². The lowest BCUT2D eigenvalue weighted by Crippen LogP contribution is -2.08. The lowest BCUT2D eigenvalue weighted by molar-refractivity contribution is 1.13. The summed E-state index contributed by atoms with van der Waals surface area (Å²) in [7, 11) is 7.67. The van der Waals surface area contributed by atoms with E-state index in [1.807, 2.05) is 92.6 Å². The van der Waals surface area contributed by atoms with Gasteiger partial charge in [-0.2, -0.15) is 21.0 Å². The van der Waals surface area contributed by atoms with Crippen LogP contribution in [-0.4, -0.2) is 28.2 Å². The Balaban J connectivity index is 2.44. The second kappa shape index (κ2) is 8.93. The lowest BCUT2D eigenvalue weighted by atomic mass is 9.82. The molecule has 0 heterocycles. The monoisotopic (exact) mass is 416 g/mol. The van der Waals surface area contributed by atoms with Gasteiger partial charge >= 0.3 is 0 Å².